The first-order valence-electron chi connectivity index (χ1n) is 8.99. The molecule has 1 heterocycles. The quantitative estimate of drug-likeness (QED) is 0.552. The first kappa shape index (κ1) is 18.5. The molecule has 1 aromatic carbocycles. The maximum Gasteiger partial charge on any atom is 0.316 e. The van der Waals surface area contributed by atoms with Crippen molar-refractivity contribution in [3.63, 3.8) is 0 Å². The van der Waals surface area contributed by atoms with Crippen LogP contribution in [0, 0.1) is 11.3 Å². The molecule has 1 aliphatic rings. The maximum atomic E-state index is 12.1. The molecule has 3 rings (SSSR count). The lowest BCUT2D eigenvalue weighted by atomic mass is 9.98. The minimum absolute atomic E-state index is 0.0469. The molecule has 5 nitrogen and oxygen atoms in total. The molecule has 0 saturated heterocycles. The van der Waals surface area contributed by atoms with Crippen molar-refractivity contribution in [3.05, 3.63) is 29.8 Å². The summed E-state index contributed by atoms with van der Waals surface area (Å²) in [5.74, 6) is 0.662. The molecule has 1 saturated carbocycles. The Bertz CT molecular complexity index is 826. The summed E-state index contributed by atoms with van der Waals surface area (Å²) in [5, 5.41) is 10.8. The third-order valence-corrected chi connectivity index (χ3v) is 5.33. The van der Waals surface area contributed by atoms with Gasteiger partial charge >= 0.3 is 5.97 Å². The van der Waals surface area contributed by atoms with Crippen LogP contribution in [0.25, 0.3) is 10.9 Å². The van der Waals surface area contributed by atoms with Gasteiger partial charge in [0.25, 0.3) is 0 Å². The van der Waals surface area contributed by atoms with Crippen LogP contribution in [0.1, 0.15) is 44.6 Å². The number of rotatable bonds is 6. The number of pyridine rings is 1. The molecular weight excluding hydrogens is 348 g/mol. The van der Waals surface area contributed by atoms with Gasteiger partial charge in [0.2, 0.25) is 0 Å². The second-order valence-electron chi connectivity index (χ2n) is 6.28. The summed E-state index contributed by atoms with van der Waals surface area (Å²) >= 11 is 1.25. The molecule has 1 fully saturated rings. The van der Waals surface area contributed by atoms with Gasteiger partial charge in [-0.25, -0.2) is 4.98 Å². The number of nitriles is 1. The molecule has 0 N–H and O–H groups in total. The van der Waals surface area contributed by atoms with Crippen LogP contribution in [0.5, 0.6) is 5.75 Å². The molecule has 0 aliphatic heterocycles. The van der Waals surface area contributed by atoms with Crippen LogP contribution >= 0.6 is 11.8 Å². The van der Waals surface area contributed by atoms with Crippen LogP contribution in [-0.4, -0.2) is 29.4 Å². The number of hydrogen-bond donors (Lipinski definition) is 0. The fourth-order valence-electron chi connectivity index (χ4n) is 3.11. The molecule has 1 aliphatic carbocycles. The van der Waals surface area contributed by atoms with E-state index in [0.717, 1.165) is 42.3 Å². The van der Waals surface area contributed by atoms with Gasteiger partial charge in [-0.3, -0.25) is 4.79 Å². The Kier molecular flexibility index (Phi) is 6.35. The molecule has 0 amide bonds. The highest BCUT2D eigenvalue weighted by atomic mass is 32.2. The summed E-state index contributed by atoms with van der Waals surface area (Å²) in [5.41, 5.74) is 1.22. The topological polar surface area (TPSA) is 72.2 Å². The number of carbonyl (C=O) groups is 1. The number of carbonyl (C=O) groups excluding carboxylic acids is 1. The van der Waals surface area contributed by atoms with Crippen molar-refractivity contribution in [2.75, 3.05) is 12.4 Å². The minimum atomic E-state index is -0.240. The van der Waals surface area contributed by atoms with E-state index in [0.29, 0.717) is 17.2 Å². The standard InChI is InChI=1S/C20H22N2O3S/c1-2-24-17-9-8-14-10-15(12-21)20(22-18(14)11-17)26-13-19(23)25-16-6-4-3-5-7-16/h8-11,16H,2-7,13H2,1H3. The van der Waals surface area contributed by atoms with Crippen LogP contribution in [0.4, 0.5) is 0 Å². The van der Waals surface area contributed by atoms with Gasteiger partial charge in [0.05, 0.1) is 23.4 Å². The highest BCUT2D eigenvalue weighted by Gasteiger charge is 2.18. The van der Waals surface area contributed by atoms with Crippen molar-refractivity contribution >= 4 is 28.6 Å². The first-order valence-corrected chi connectivity index (χ1v) is 9.98. The zero-order valence-corrected chi connectivity index (χ0v) is 15.7. The van der Waals surface area contributed by atoms with E-state index in [1.165, 1.54) is 18.2 Å². The summed E-state index contributed by atoms with van der Waals surface area (Å²) in [6.45, 7) is 2.51. The van der Waals surface area contributed by atoms with Crippen LogP contribution in [0.15, 0.2) is 29.3 Å². The Morgan fingerprint density at radius 2 is 2.12 bits per heavy atom. The molecule has 0 radical (unpaired) electrons. The van der Waals surface area contributed by atoms with Crippen LogP contribution in [0.2, 0.25) is 0 Å². The number of thioether (sulfide) groups is 1. The number of nitrogens with zero attached hydrogens (tertiary/aromatic N) is 2. The largest absolute Gasteiger partial charge is 0.494 e. The summed E-state index contributed by atoms with van der Waals surface area (Å²) in [4.78, 5) is 16.7. The predicted molar refractivity (Wildman–Crippen MR) is 101 cm³/mol. The zero-order valence-electron chi connectivity index (χ0n) is 14.9. The Morgan fingerprint density at radius 1 is 1.31 bits per heavy atom. The Morgan fingerprint density at radius 3 is 2.85 bits per heavy atom. The minimum Gasteiger partial charge on any atom is -0.494 e. The van der Waals surface area contributed by atoms with Gasteiger partial charge < -0.3 is 9.47 Å². The zero-order chi connectivity index (χ0) is 18.4. The fraction of sp³-hybridized carbons (Fsp3) is 0.450. The lowest BCUT2D eigenvalue weighted by Crippen LogP contribution is -2.21. The Balaban J connectivity index is 1.71. The van der Waals surface area contributed by atoms with E-state index in [2.05, 4.69) is 11.1 Å². The number of hydrogen-bond acceptors (Lipinski definition) is 6. The van der Waals surface area contributed by atoms with Gasteiger partial charge in [-0.15, -0.1) is 0 Å². The summed E-state index contributed by atoms with van der Waals surface area (Å²) < 4.78 is 11.0. The van der Waals surface area contributed by atoms with E-state index in [1.54, 1.807) is 6.07 Å². The van der Waals surface area contributed by atoms with Crippen molar-refractivity contribution in [3.8, 4) is 11.8 Å². The average molecular weight is 370 g/mol. The molecule has 0 bridgehead atoms. The normalized spacial score (nSPS) is 14.8. The summed E-state index contributed by atoms with van der Waals surface area (Å²) in [6, 6.07) is 9.57. The molecule has 1 aromatic heterocycles. The first-order chi connectivity index (χ1) is 12.7. The van der Waals surface area contributed by atoms with Crippen LogP contribution < -0.4 is 4.74 Å². The average Bonchev–Trinajstić information content (AvgIpc) is 2.66. The number of benzene rings is 1. The van der Waals surface area contributed by atoms with Crippen LogP contribution in [-0.2, 0) is 9.53 Å². The lowest BCUT2D eigenvalue weighted by molar-refractivity contribution is -0.147. The second kappa shape index (κ2) is 8.91. The van der Waals surface area contributed by atoms with Gasteiger partial charge in [-0.1, -0.05) is 18.2 Å². The number of fused-ring (bicyclic) bond motifs is 1. The molecule has 2 aromatic rings. The Labute approximate surface area is 157 Å². The lowest BCUT2D eigenvalue weighted by Gasteiger charge is -2.21. The summed E-state index contributed by atoms with van der Waals surface area (Å²) in [6.07, 6.45) is 5.42. The van der Waals surface area contributed by atoms with E-state index in [-0.39, 0.29) is 17.8 Å². The predicted octanol–water partition coefficient (Wildman–Crippen LogP) is 4.47. The Hall–Kier alpha value is -2.26. The van der Waals surface area contributed by atoms with Crippen molar-refractivity contribution < 1.29 is 14.3 Å². The number of ether oxygens (including phenoxy) is 2. The smallest absolute Gasteiger partial charge is 0.316 e. The third-order valence-electron chi connectivity index (χ3n) is 4.36. The molecule has 26 heavy (non-hydrogen) atoms. The molecule has 136 valence electrons. The highest BCUT2D eigenvalue weighted by Crippen LogP contribution is 2.28. The SMILES string of the molecule is CCOc1ccc2cc(C#N)c(SCC(=O)OC3CCCCC3)nc2c1. The van der Waals surface area contributed by atoms with E-state index >= 15 is 0 Å². The van der Waals surface area contributed by atoms with E-state index in [4.69, 9.17) is 9.47 Å². The fourth-order valence-corrected chi connectivity index (χ4v) is 3.85. The van der Waals surface area contributed by atoms with Crippen molar-refractivity contribution in [2.45, 2.75) is 50.2 Å². The van der Waals surface area contributed by atoms with Crippen LogP contribution in [0.3, 0.4) is 0 Å². The number of esters is 1. The molecular formula is C20H22N2O3S. The van der Waals surface area contributed by atoms with E-state index in [9.17, 15) is 10.1 Å². The van der Waals surface area contributed by atoms with Gasteiger partial charge in [-0.05, 0) is 50.8 Å². The third kappa shape index (κ3) is 4.67. The maximum absolute atomic E-state index is 12.1. The van der Waals surface area contributed by atoms with Gasteiger partial charge in [-0.2, -0.15) is 5.26 Å². The van der Waals surface area contributed by atoms with Crippen molar-refractivity contribution in [1.82, 2.24) is 4.98 Å². The molecule has 0 spiro atoms. The molecule has 6 heteroatoms. The molecule has 0 atom stereocenters. The summed E-state index contributed by atoms with van der Waals surface area (Å²) in [7, 11) is 0. The van der Waals surface area contributed by atoms with Crippen molar-refractivity contribution in [1.29, 1.82) is 5.26 Å². The van der Waals surface area contributed by atoms with Gasteiger partial charge in [0, 0.05) is 11.5 Å². The van der Waals surface area contributed by atoms with Gasteiger partial charge in [0.1, 0.15) is 22.9 Å². The molecule has 0 unspecified atom stereocenters. The van der Waals surface area contributed by atoms with E-state index in [1.807, 2.05) is 25.1 Å². The monoisotopic (exact) mass is 370 g/mol. The van der Waals surface area contributed by atoms with Crippen molar-refractivity contribution in [2.24, 2.45) is 0 Å². The number of aromatic nitrogens is 1. The highest BCUT2D eigenvalue weighted by molar-refractivity contribution is 7.99. The van der Waals surface area contributed by atoms with E-state index < -0.39 is 0 Å². The van der Waals surface area contributed by atoms with Gasteiger partial charge in [0.15, 0.2) is 0 Å². The second-order valence-corrected chi connectivity index (χ2v) is 7.24.